The minimum Gasteiger partial charge on any atom is -0.508 e. The number of hydrogen-bond donors (Lipinski definition) is 3. The summed E-state index contributed by atoms with van der Waals surface area (Å²) in [6.07, 6.45) is 2.85. The zero-order valence-corrected chi connectivity index (χ0v) is 10.5. The summed E-state index contributed by atoms with van der Waals surface area (Å²) < 4.78 is 0. The van der Waals surface area contributed by atoms with Gasteiger partial charge < -0.3 is 15.3 Å². The molecule has 1 atom stereocenters. The van der Waals surface area contributed by atoms with Crippen LogP contribution in [0.25, 0.3) is 0 Å². The quantitative estimate of drug-likeness (QED) is 0.686. The molecule has 1 aliphatic rings. The summed E-state index contributed by atoms with van der Waals surface area (Å²) in [5.74, 6) is 0.196. The van der Waals surface area contributed by atoms with Crippen LogP contribution in [0.3, 0.4) is 0 Å². The average molecular weight is 256 g/mol. The Bertz CT molecular complexity index is 619. The first-order valence-corrected chi connectivity index (χ1v) is 6.49. The molecule has 0 fully saturated rings. The third kappa shape index (κ3) is 2.01. The molecular weight excluding hydrogens is 240 g/mol. The summed E-state index contributed by atoms with van der Waals surface area (Å²) in [4.78, 5) is 0. The van der Waals surface area contributed by atoms with Crippen LogP contribution >= 0.6 is 0 Å². The highest BCUT2D eigenvalue weighted by Gasteiger charge is 2.25. The summed E-state index contributed by atoms with van der Waals surface area (Å²) in [7, 11) is 0. The molecule has 0 amide bonds. The van der Waals surface area contributed by atoms with Crippen molar-refractivity contribution in [3.63, 3.8) is 0 Å². The fraction of sp³-hybridized carbons (Fsp3) is 0.250. The van der Waals surface area contributed by atoms with Crippen LogP contribution in [0.4, 0.5) is 0 Å². The van der Waals surface area contributed by atoms with Crippen molar-refractivity contribution in [2.75, 3.05) is 0 Å². The van der Waals surface area contributed by atoms with Gasteiger partial charge in [0, 0.05) is 11.5 Å². The molecule has 2 aromatic carbocycles. The molecule has 3 nitrogen and oxygen atoms in total. The first kappa shape index (κ1) is 11.9. The standard InChI is InChI=1S/C16H16O3/c17-14-7-2-1-5-12(14)11-6-3-4-10-8-15(18)16(19)9-13(10)11/h1-2,5,7-9,11,17-19H,3-4,6H2. The maximum absolute atomic E-state index is 10.0. The Morgan fingerprint density at radius 2 is 1.58 bits per heavy atom. The van der Waals surface area contributed by atoms with Crippen molar-refractivity contribution in [1.29, 1.82) is 0 Å². The highest BCUT2D eigenvalue weighted by Crippen LogP contribution is 2.43. The Morgan fingerprint density at radius 1 is 0.842 bits per heavy atom. The monoisotopic (exact) mass is 256 g/mol. The molecule has 0 heterocycles. The molecule has 0 bridgehead atoms. The van der Waals surface area contributed by atoms with Gasteiger partial charge in [-0.15, -0.1) is 0 Å². The van der Waals surface area contributed by atoms with Crippen molar-refractivity contribution < 1.29 is 15.3 Å². The number of rotatable bonds is 1. The van der Waals surface area contributed by atoms with Crippen LogP contribution in [0, 0.1) is 0 Å². The van der Waals surface area contributed by atoms with Crippen molar-refractivity contribution in [3.05, 3.63) is 53.1 Å². The molecule has 1 aliphatic carbocycles. The van der Waals surface area contributed by atoms with Crippen LogP contribution in [0.15, 0.2) is 36.4 Å². The molecule has 0 spiro atoms. The van der Waals surface area contributed by atoms with Crippen molar-refractivity contribution in [2.45, 2.75) is 25.2 Å². The summed E-state index contributed by atoms with van der Waals surface area (Å²) in [5.41, 5.74) is 2.94. The van der Waals surface area contributed by atoms with E-state index in [1.807, 2.05) is 12.1 Å². The number of phenolic OH excluding ortho intramolecular Hbond substituents is 3. The van der Waals surface area contributed by atoms with Gasteiger partial charge in [-0.05, 0) is 48.6 Å². The van der Waals surface area contributed by atoms with Crippen LogP contribution in [0.1, 0.15) is 35.4 Å². The highest BCUT2D eigenvalue weighted by molar-refractivity contribution is 5.52. The Kier molecular flexibility index (Phi) is 2.82. The van der Waals surface area contributed by atoms with E-state index in [0.717, 1.165) is 36.0 Å². The molecule has 0 radical (unpaired) electrons. The summed E-state index contributed by atoms with van der Waals surface area (Å²) in [6.45, 7) is 0. The maximum atomic E-state index is 10.0. The lowest BCUT2D eigenvalue weighted by atomic mass is 9.78. The van der Waals surface area contributed by atoms with E-state index in [1.165, 1.54) is 0 Å². The van der Waals surface area contributed by atoms with Crippen molar-refractivity contribution in [1.82, 2.24) is 0 Å². The van der Waals surface area contributed by atoms with Crippen LogP contribution in [0.2, 0.25) is 0 Å². The molecule has 19 heavy (non-hydrogen) atoms. The Labute approximate surface area is 111 Å². The van der Waals surface area contributed by atoms with E-state index in [9.17, 15) is 15.3 Å². The predicted molar refractivity (Wildman–Crippen MR) is 72.7 cm³/mol. The van der Waals surface area contributed by atoms with E-state index < -0.39 is 0 Å². The van der Waals surface area contributed by atoms with Gasteiger partial charge in [-0.25, -0.2) is 0 Å². The van der Waals surface area contributed by atoms with Crippen molar-refractivity contribution in [3.8, 4) is 17.2 Å². The topological polar surface area (TPSA) is 60.7 Å². The smallest absolute Gasteiger partial charge is 0.157 e. The normalized spacial score (nSPS) is 18.0. The van der Waals surface area contributed by atoms with Gasteiger partial charge in [-0.3, -0.25) is 0 Å². The van der Waals surface area contributed by atoms with Crippen LogP contribution < -0.4 is 0 Å². The van der Waals surface area contributed by atoms with Crippen LogP contribution in [0.5, 0.6) is 17.2 Å². The van der Waals surface area contributed by atoms with Crippen molar-refractivity contribution in [2.24, 2.45) is 0 Å². The van der Waals surface area contributed by atoms with Crippen LogP contribution in [-0.2, 0) is 6.42 Å². The average Bonchev–Trinajstić information content (AvgIpc) is 2.40. The third-order valence-corrected chi connectivity index (χ3v) is 3.86. The minimum atomic E-state index is -0.0962. The van der Waals surface area contributed by atoms with Gasteiger partial charge in [-0.1, -0.05) is 18.2 Å². The zero-order valence-electron chi connectivity index (χ0n) is 10.5. The van der Waals surface area contributed by atoms with Gasteiger partial charge in [-0.2, -0.15) is 0 Å². The van der Waals surface area contributed by atoms with E-state index in [2.05, 4.69) is 0 Å². The number of fused-ring (bicyclic) bond motifs is 1. The fourth-order valence-electron chi connectivity index (χ4n) is 2.93. The van der Waals surface area contributed by atoms with E-state index in [1.54, 1.807) is 24.3 Å². The second-order valence-electron chi connectivity index (χ2n) is 5.04. The number of benzene rings is 2. The predicted octanol–water partition coefficient (Wildman–Crippen LogP) is 3.27. The summed E-state index contributed by atoms with van der Waals surface area (Å²) in [6, 6.07) is 10.6. The van der Waals surface area contributed by atoms with Gasteiger partial charge in [0.15, 0.2) is 11.5 Å². The Balaban J connectivity index is 2.13. The lowest BCUT2D eigenvalue weighted by molar-refractivity contribution is 0.400. The Morgan fingerprint density at radius 3 is 2.37 bits per heavy atom. The minimum absolute atomic E-state index is 0.0725. The summed E-state index contributed by atoms with van der Waals surface area (Å²) in [5, 5.41) is 29.3. The number of aromatic hydroxyl groups is 3. The molecule has 3 rings (SSSR count). The van der Waals surface area contributed by atoms with Crippen molar-refractivity contribution >= 4 is 0 Å². The van der Waals surface area contributed by atoms with Gasteiger partial charge in [0.2, 0.25) is 0 Å². The number of aryl methyl sites for hydroxylation is 1. The maximum Gasteiger partial charge on any atom is 0.157 e. The Hall–Kier alpha value is -2.16. The molecule has 0 aliphatic heterocycles. The van der Waals surface area contributed by atoms with Gasteiger partial charge >= 0.3 is 0 Å². The molecule has 2 aromatic rings. The highest BCUT2D eigenvalue weighted by atomic mass is 16.3. The third-order valence-electron chi connectivity index (χ3n) is 3.86. The lowest BCUT2D eigenvalue weighted by Crippen LogP contribution is -2.11. The molecule has 0 aromatic heterocycles. The second-order valence-corrected chi connectivity index (χ2v) is 5.04. The molecule has 98 valence electrons. The first-order valence-electron chi connectivity index (χ1n) is 6.49. The van der Waals surface area contributed by atoms with Gasteiger partial charge in [0.05, 0.1) is 0 Å². The number of hydrogen-bond acceptors (Lipinski definition) is 3. The fourth-order valence-corrected chi connectivity index (χ4v) is 2.93. The largest absolute Gasteiger partial charge is 0.508 e. The molecule has 1 unspecified atom stereocenters. The summed E-state index contributed by atoms with van der Waals surface area (Å²) >= 11 is 0. The molecule has 3 N–H and O–H groups in total. The number of phenols is 3. The zero-order chi connectivity index (χ0) is 13.4. The molecule has 0 saturated carbocycles. The SMILES string of the molecule is Oc1cc2c(cc1O)C(c1ccccc1O)CCC2. The molecule has 3 heteroatoms. The number of para-hydroxylation sites is 1. The van der Waals surface area contributed by atoms with E-state index in [4.69, 9.17) is 0 Å². The first-order chi connectivity index (χ1) is 9.16. The van der Waals surface area contributed by atoms with E-state index in [0.29, 0.717) is 0 Å². The van der Waals surface area contributed by atoms with Gasteiger partial charge in [0.25, 0.3) is 0 Å². The van der Waals surface area contributed by atoms with E-state index in [-0.39, 0.29) is 23.2 Å². The molecule has 0 saturated heterocycles. The van der Waals surface area contributed by atoms with Gasteiger partial charge in [0.1, 0.15) is 5.75 Å². The lowest BCUT2D eigenvalue weighted by Gasteiger charge is -2.26. The van der Waals surface area contributed by atoms with Crippen LogP contribution in [-0.4, -0.2) is 15.3 Å². The second kappa shape index (κ2) is 4.50. The molecular formula is C16H16O3. The van der Waals surface area contributed by atoms with E-state index >= 15 is 0 Å².